The van der Waals surface area contributed by atoms with Gasteiger partial charge in [-0.15, -0.1) is 0 Å². The predicted molar refractivity (Wildman–Crippen MR) is 108 cm³/mol. The number of halogens is 1. The molecule has 0 spiro atoms. The van der Waals surface area contributed by atoms with Gasteiger partial charge in [-0.25, -0.2) is 17.5 Å². The summed E-state index contributed by atoms with van der Waals surface area (Å²) in [6.07, 6.45) is 1.30. The zero-order valence-corrected chi connectivity index (χ0v) is 17.1. The first kappa shape index (κ1) is 21.3. The molecular weight excluding hydrogens is 395 g/mol. The van der Waals surface area contributed by atoms with Crippen LogP contribution in [-0.4, -0.2) is 45.5 Å². The molecule has 0 atom stereocenters. The van der Waals surface area contributed by atoms with Crippen molar-refractivity contribution in [3.8, 4) is 5.75 Å². The number of hydrogen-bond donors (Lipinski definition) is 1. The summed E-state index contributed by atoms with van der Waals surface area (Å²) in [6, 6.07) is 12.5. The summed E-state index contributed by atoms with van der Waals surface area (Å²) in [7, 11) is -3.70. The summed E-state index contributed by atoms with van der Waals surface area (Å²) in [5.74, 6) is -0.422. The SMILES string of the molecule is CCOc1ccccc1S(=O)(=O)NCC1CCN(C(=O)c2ccccc2F)CC1. The maximum absolute atomic E-state index is 13.8. The summed E-state index contributed by atoms with van der Waals surface area (Å²) in [6.45, 7) is 3.39. The molecule has 0 unspecified atom stereocenters. The lowest BCUT2D eigenvalue weighted by Crippen LogP contribution is -2.41. The molecule has 0 saturated carbocycles. The first-order valence-corrected chi connectivity index (χ1v) is 11.2. The highest BCUT2D eigenvalue weighted by Crippen LogP contribution is 2.24. The summed E-state index contributed by atoms with van der Waals surface area (Å²) < 4.78 is 47.2. The van der Waals surface area contributed by atoms with Crippen molar-refractivity contribution in [2.45, 2.75) is 24.7 Å². The van der Waals surface area contributed by atoms with E-state index < -0.39 is 15.8 Å². The maximum Gasteiger partial charge on any atom is 0.256 e. The molecule has 1 amide bonds. The molecule has 6 nitrogen and oxygen atoms in total. The van der Waals surface area contributed by atoms with Crippen LogP contribution in [0.2, 0.25) is 0 Å². The maximum atomic E-state index is 13.8. The van der Waals surface area contributed by atoms with Crippen molar-refractivity contribution in [3.05, 3.63) is 59.9 Å². The number of carbonyl (C=O) groups is 1. The van der Waals surface area contributed by atoms with Gasteiger partial charge in [-0.1, -0.05) is 24.3 Å². The summed E-state index contributed by atoms with van der Waals surface area (Å²) in [5, 5.41) is 0. The largest absolute Gasteiger partial charge is 0.492 e. The van der Waals surface area contributed by atoms with Crippen molar-refractivity contribution in [2.24, 2.45) is 5.92 Å². The summed E-state index contributed by atoms with van der Waals surface area (Å²) >= 11 is 0. The molecule has 0 aliphatic carbocycles. The highest BCUT2D eigenvalue weighted by molar-refractivity contribution is 7.89. The van der Waals surface area contributed by atoms with Gasteiger partial charge in [0.1, 0.15) is 16.5 Å². The first-order valence-electron chi connectivity index (χ1n) is 9.67. The molecule has 0 bridgehead atoms. The summed E-state index contributed by atoms with van der Waals surface area (Å²) in [4.78, 5) is 14.2. The molecule has 1 aliphatic rings. The van der Waals surface area contributed by atoms with E-state index >= 15 is 0 Å². The Bertz CT molecular complexity index is 957. The Morgan fingerprint density at radius 3 is 2.48 bits per heavy atom. The van der Waals surface area contributed by atoms with Crippen LogP contribution in [0, 0.1) is 11.7 Å². The molecule has 8 heteroatoms. The number of rotatable bonds is 7. The molecule has 2 aromatic carbocycles. The number of piperidine rings is 1. The number of amides is 1. The number of sulfonamides is 1. The fourth-order valence-corrected chi connectivity index (χ4v) is 4.66. The van der Waals surface area contributed by atoms with Crippen LogP contribution >= 0.6 is 0 Å². The highest BCUT2D eigenvalue weighted by Gasteiger charge is 2.27. The van der Waals surface area contributed by atoms with Crippen molar-refractivity contribution in [3.63, 3.8) is 0 Å². The summed E-state index contributed by atoms with van der Waals surface area (Å²) in [5.41, 5.74) is 0.0687. The first-order chi connectivity index (χ1) is 13.9. The fraction of sp³-hybridized carbons (Fsp3) is 0.381. The van der Waals surface area contributed by atoms with Crippen LogP contribution < -0.4 is 9.46 Å². The van der Waals surface area contributed by atoms with E-state index in [9.17, 15) is 17.6 Å². The van der Waals surface area contributed by atoms with Crippen molar-refractivity contribution in [1.29, 1.82) is 0 Å². The molecule has 1 heterocycles. The van der Waals surface area contributed by atoms with Crippen LogP contribution in [-0.2, 0) is 10.0 Å². The second kappa shape index (κ2) is 9.37. The molecule has 156 valence electrons. The van der Waals surface area contributed by atoms with Gasteiger partial charge in [0.25, 0.3) is 5.91 Å². The van der Waals surface area contributed by atoms with E-state index in [4.69, 9.17) is 4.74 Å². The van der Waals surface area contributed by atoms with E-state index in [0.717, 1.165) is 0 Å². The van der Waals surface area contributed by atoms with Crippen LogP contribution in [0.25, 0.3) is 0 Å². The Labute approximate surface area is 170 Å². The number of nitrogens with zero attached hydrogens (tertiary/aromatic N) is 1. The van der Waals surface area contributed by atoms with E-state index in [-0.39, 0.29) is 28.8 Å². The van der Waals surface area contributed by atoms with Crippen molar-refractivity contribution >= 4 is 15.9 Å². The van der Waals surface area contributed by atoms with Crippen molar-refractivity contribution in [2.75, 3.05) is 26.2 Å². The van der Waals surface area contributed by atoms with Crippen LogP contribution in [0.1, 0.15) is 30.1 Å². The number of nitrogens with one attached hydrogen (secondary N) is 1. The molecule has 0 radical (unpaired) electrons. The minimum atomic E-state index is -3.70. The van der Waals surface area contributed by atoms with Gasteiger partial charge in [-0.3, -0.25) is 4.79 Å². The number of para-hydroxylation sites is 1. The normalized spacial score (nSPS) is 15.3. The Morgan fingerprint density at radius 2 is 1.79 bits per heavy atom. The van der Waals surface area contributed by atoms with Crippen LogP contribution in [0.4, 0.5) is 4.39 Å². The van der Waals surface area contributed by atoms with Crippen LogP contribution in [0.3, 0.4) is 0 Å². The number of carbonyl (C=O) groups excluding carboxylic acids is 1. The smallest absolute Gasteiger partial charge is 0.256 e. The van der Waals surface area contributed by atoms with E-state index in [0.29, 0.717) is 38.3 Å². The number of ether oxygens (including phenoxy) is 1. The molecule has 0 aromatic heterocycles. The number of hydrogen-bond acceptors (Lipinski definition) is 4. The molecule has 2 aromatic rings. The second-order valence-corrected chi connectivity index (χ2v) is 8.68. The molecule has 29 heavy (non-hydrogen) atoms. The third kappa shape index (κ3) is 5.13. The predicted octanol–water partition coefficient (Wildman–Crippen LogP) is 3.06. The monoisotopic (exact) mass is 420 g/mol. The van der Waals surface area contributed by atoms with Gasteiger partial charge >= 0.3 is 0 Å². The van der Waals surface area contributed by atoms with Gasteiger partial charge in [0.15, 0.2) is 0 Å². The Morgan fingerprint density at radius 1 is 1.14 bits per heavy atom. The van der Waals surface area contributed by atoms with Crippen molar-refractivity contribution < 1.29 is 22.3 Å². The van der Waals surface area contributed by atoms with E-state index in [1.165, 1.54) is 18.2 Å². The average Bonchev–Trinajstić information content (AvgIpc) is 2.73. The molecule has 3 rings (SSSR count). The topological polar surface area (TPSA) is 75.7 Å². The minimum Gasteiger partial charge on any atom is -0.492 e. The fourth-order valence-electron chi connectivity index (χ4n) is 3.40. The zero-order valence-electron chi connectivity index (χ0n) is 16.3. The van der Waals surface area contributed by atoms with Gasteiger partial charge < -0.3 is 9.64 Å². The van der Waals surface area contributed by atoms with Gasteiger partial charge in [-0.2, -0.15) is 0 Å². The standard InChI is InChI=1S/C21H25FN2O4S/c1-2-28-19-9-5-6-10-20(19)29(26,27)23-15-16-11-13-24(14-12-16)21(25)17-7-3-4-8-18(17)22/h3-10,16,23H,2,11-15H2,1H3. The average molecular weight is 421 g/mol. The molecular formula is C21H25FN2O4S. The second-order valence-electron chi connectivity index (χ2n) is 6.95. The molecule has 1 N–H and O–H groups in total. The van der Waals surface area contributed by atoms with Gasteiger partial charge in [0, 0.05) is 19.6 Å². The molecule has 1 saturated heterocycles. The third-order valence-electron chi connectivity index (χ3n) is 5.01. The Hall–Kier alpha value is -2.45. The Balaban J connectivity index is 1.56. The van der Waals surface area contributed by atoms with Crippen LogP contribution in [0.5, 0.6) is 5.75 Å². The van der Waals surface area contributed by atoms with Crippen LogP contribution in [0.15, 0.2) is 53.4 Å². The lowest BCUT2D eigenvalue weighted by molar-refractivity contribution is 0.0687. The lowest BCUT2D eigenvalue weighted by atomic mass is 9.96. The Kier molecular flexibility index (Phi) is 6.87. The highest BCUT2D eigenvalue weighted by atomic mass is 32.2. The minimum absolute atomic E-state index is 0.0687. The van der Waals surface area contributed by atoms with Gasteiger partial charge in [0.2, 0.25) is 10.0 Å². The zero-order chi connectivity index (χ0) is 20.9. The molecule has 1 aliphatic heterocycles. The van der Waals surface area contributed by atoms with E-state index in [1.54, 1.807) is 42.2 Å². The lowest BCUT2D eigenvalue weighted by Gasteiger charge is -2.32. The van der Waals surface area contributed by atoms with Crippen molar-refractivity contribution in [1.82, 2.24) is 9.62 Å². The molecule has 1 fully saturated rings. The van der Waals surface area contributed by atoms with Gasteiger partial charge in [0.05, 0.1) is 12.2 Å². The van der Waals surface area contributed by atoms with E-state index in [1.807, 2.05) is 0 Å². The number of benzene rings is 2. The number of likely N-dealkylation sites (tertiary alicyclic amines) is 1. The quantitative estimate of drug-likeness (QED) is 0.747. The van der Waals surface area contributed by atoms with Gasteiger partial charge in [-0.05, 0) is 49.9 Å². The third-order valence-corrected chi connectivity index (χ3v) is 6.47. The van der Waals surface area contributed by atoms with E-state index in [2.05, 4.69) is 4.72 Å².